The van der Waals surface area contributed by atoms with Crippen LogP contribution in [0.5, 0.6) is 0 Å². The minimum absolute atomic E-state index is 0.150. The molecule has 1 aromatic heterocycles. The minimum Gasteiger partial charge on any atom is -0.399 e. The quantitative estimate of drug-likeness (QED) is 0.603. The summed E-state index contributed by atoms with van der Waals surface area (Å²) in [5.74, 6) is -2.01. The smallest absolute Gasteiger partial charge is 0.232 e. The van der Waals surface area contributed by atoms with E-state index in [4.69, 9.17) is 5.73 Å². The molecule has 0 aliphatic heterocycles. The SMILES string of the molecule is Nc1cccc(Nc2nc(F)cc(F)n2)c1. The summed E-state index contributed by atoms with van der Waals surface area (Å²) in [5, 5.41) is 2.64. The minimum atomic E-state index is -0.932. The van der Waals surface area contributed by atoms with E-state index in [1.807, 2.05) is 0 Å². The summed E-state index contributed by atoms with van der Waals surface area (Å²) in [4.78, 5) is 6.78. The number of nitrogens with zero attached hydrogens (tertiary/aromatic N) is 2. The molecule has 0 spiro atoms. The van der Waals surface area contributed by atoms with E-state index < -0.39 is 11.9 Å². The van der Waals surface area contributed by atoms with Crippen LogP contribution in [-0.2, 0) is 0 Å². The highest BCUT2D eigenvalue weighted by Gasteiger charge is 2.04. The van der Waals surface area contributed by atoms with Crippen LogP contribution in [-0.4, -0.2) is 9.97 Å². The van der Waals surface area contributed by atoms with Crippen LogP contribution in [0.15, 0.2) is 30.3 Å². The van der Waals surface area contributed by atoms with E-state index >= 15 is 0 Å². The van der Waals surface area contributed by atoms with Crippen LogP contribution >= 0.6 is 0 Å². The van der Waals surface area contributed by atoms with Gasteiger partial charge in [-0.25, -0.2) is 0 Å². The van der Waals surface area contributed by atoms with E-state index in [0.717, 1.165) is 0 Å². The molecule has 3 N–H and O–H groups in total. The Hall–Kier alpha value is -2.24. The van der Waals surface area contributed by atoms with Gasteiger partial charge < -0.3 is 11.1 Å². The van der Waals surface area contributed by atoms with Crippen LogP contribution in [0, 0.1) is 11.9 Å². The first-order valence-electron chi connectivity index (χ1n) is 4.46. The summed E-state index contributed by atoms with van der Waals surface area (Å²) in [5.41, 5.74) is 6.63. The Morgan fingerprint density at radius 1 is 1.06 bits per heavy atom. The van der Waals surface area contributed by atoms with Gasteiger partial charge in [0.15, 0.2) is 0 Å². The molecule has 0 aliphatic rings. The first-order valence-corrected chi connectivity index (χ1v) is 4.46. The number of aromatic nitrogens is 2. The monoisotopic (exact) mass is 222 g/mol. The Kier molecular flexibility index (Phi) is 2.63. The first-order chi connectivity index (χ1) is 7.63. The molecule has 0 saturated carbocycles. The summed E-state index contributed by atoms with van der Waals surface area (Å²) in [6.07, 6.45) is 0. The molecule has 0 radical (unpaired) electrons. The van der Waals surface area contributed by atoms with Gasteiger partial charge in [0.25, 0.3) is 0 Å². The number of hydrogen-bond acceptors (Lipinski definition) is 4. The summed E-state index contributed by atoms with van der Waals surface area (Å²) in [6.45, 7) is 0. The maximum Gasteiger partial charge on any atom is 0.232 e. The molecule has 4 nitrogen and oxygen atoms in total. The lowest BCUT2D eigenvalue weighted by molar-refractivity contribution is 0.528. The largest absolute Gasteiger partial charge is 0.399 e. The van der Waals surface area contributed by atoms with Gasteiger partial charge in [0.2, 0.25) is 17.8 Å². The number of anilines is 3. The summed E-state index contributed by atoms with van der Waals surface area (Å²) in [7, 11) is 0. The van der Waals surface area contributed by atoms with E-state index in [0.29, 0.717) is 17.4 Å². The van der Waals surface area contributed by atoms with Crippen molar-refractivity contribution in [2.75, 3.05) is 11.1 Å². The van der Waals surface area contributed by atoms with Gasteiger partial charge in [0.1, 0.15) is 0 Å². The highest BCUT2D eigenvalue weighted by Crippen LogP contribution is 2.16. The summed E-state index contributed by atoms with van der Waals surface area (Å²) >= 11 is 0. The molecule has 2 rings (SSSR count). The number of nitrogens with two attached hydrogens (primary N) is 1. The van der Waals surface area contributed by atoms with Crippen LogP contribution in [0.2, 0.25) is 0 Å². The van der Waals surface area contributed by atoms with Crippen molar-refractivity contribution >= 4 is 17.3 Å². The second kappa shape index (κ2) is 4.09. The molecule has 0 aliphatic carbocycles. The third-order valence-corrected chi connectivity index (χ3v) is 1.81. The molecular weight excluding hydrogens is 214 g/mol. The number of benzene rings is 1. The predicted molar refractivity (Wildman–Crippen MR) is 56.1 cm³/mol. The first kappa shape index (κ1) is 10.3. The molecule has 2 aromatic rings. The lowest BCUT2D eigenvalue weighted by atomic mass is 10.3. The van der Waals surface area contributed by atoms with Gasteiger partial charge in [-0.05, 0) is 18.2 Å². The van der Waals surface area contributed by atoms with E-state index in [2.05, 4.69) is 15.3 Å². The zero-order valence-electron chi connectivity index (χ0n) is 8.11. The zero-order chi connectivity index (χ0) is 11.5. The second-order valence-corrected chi connectivity index (χ2v) is 3.09. The Bertz CT molecular complexity index is 496. The molecule has 0 atom stereocenters. The fourth-order valence-electron chi connectivity index (χ4n) is 1.19. The molecule has 0 amide bonds. The highest BCUT2D eigenvalue weighted by atomic mass is 19.1. The number of halogens is 2. The maximum absolute atomic E-state index is 12.8. The van der Waals surface area contributed by atoms with E-state index in [-0.39, 0.29) is 5.95 Å². The Balaban J connectivity index is 2.27. The van der Waals surface area contributed by atoms with Gasteiger partial charge in [-0.2, -0.15) is 18.7 Å². The molecule has 0 saturated heterocycles. The molecule has 82 valence electrons. The molecule has 6 heteroatoms. The van der Waals surface area contributed by atoms with Crippen LogP contribution in [0.3, 0.4) is 0 Å². The van der Waals surface area contributed by atoms with E-state index in [1.54, 1.807) is 24.3 Å². The second-order valence-electron chi connectivity index (χ2n) is 3.09. The zero-order valence-corrected chi connectivity index (χ0v) is 8.11. The molecule has 16 heavy (non-hydrogen) atoms. The molecule has 0 fully saturated rings. The Morgan fingerprint density at radius 2 is 1.75 bits per heavy atom. The lowest BCUT2D eigenvalue weighted by Crippen LogP contribution is -2.01. The fraction of sp³-hybridized carbons (Fsp3) is 0. The molecule has 1 heterocycles. The average molecular weight is 222 g/mol. The van der Waals surface area contributed by atoms with Crippen molar-refractivity contribution < 1.29 is 8.78 Å². The maximum atomic E-state index is 12.8. The van der Waals surface area contributed by atoms with Gasteiger partial charge in [0, 0.05) is 17.4 Å². The number of rotatable bonds is 2. The third kappa shape index (κ3) is 2.41. The standard InChI is InChI=1S/C10H8F2N4/c11-8-5-9(12)16-10(15-8)14-7-3-1-2-6(13)4-7/h1-5H,13H2,(H,14,15,16). The Morgan fingerprint density at radius 3 is 2.38 bits per heavy atom. The van der Waals surface area contributed by atoms with Crippen molar-refractivity contribution in [3.63, 3.8) is 0 Å². The van der Waals surface area contributed by atoms with Crippen molar-refractivity contribution in [1.29, 1.82) is 0 Å². The molecule has 0 unspecified atom stereocenters. The van der Waals surface area contributed by atoms with E-state index in [9.17, 15) is 8.78 Å². The van der Waals surface area contributed by atoms with Gasteiger partial charge in [-0.15, -0.1) is 0 Å². The third-order valence-electron chi connectivity index (χ3n) is 1.81. The summed E-state index contributed by atoms with van der Waals surface area (Å²) < 4.78 is 25.5. The number of nitrogen functional groups attached to an aromatic ring is 1. The topological polar surface area (TPSA) is 63.8 Å². The highest BCUT2D eigenvalue weighted by molar-refractivity contribution is 5.59. The number of nitrogens with one attached hydrogen (secondary N) is 1. The van der Waals surface area contributed by atoms with Gasteiger partial charge in [0.05, 0.1) is 0 Å². The van der Waals surface area contributed by atoms with Crippen LogP contribution in [0.1, 0.15) is 0 Å². The van der Waals surface area contributed by atoms with Gasteiger partial charge in [-0.1, -0.05) is 6.07 Å². The fourth-order valence-corrected chi connectivity index (χ4v) is 1.19. The van der Waals surface area contributed by atoms with E-state index in [1.165, 1.54) is 0 Å². The van der Waals surface area contributed by atoms with Crippen molar-refractivity contribution in [2.24, 2.45) is 0 Å². The summed E-state index contributed by atoms with van der Waals surface area (Å²) in [6, 6.07) is 7.28. The number of hydrogen-bond donors (Lipinski definition) is 2. The van der Waals surface area contributed by atoms with Crippen LogP contribution in [0.4, 0.5) is 26.1 Å². The van der Waals surface area contributed by atoms with Crippen molar-refractivity contribution in [1.82, 2.24) is 9.97 Å². The average Bonchev–Trinajstić information content (AvgIpc) is 2.15. The van der Waals surface area contributed by atoms with Crippen molar-refractivity contribution in [3.8, 4) is 0 Å². The van der Waals surface area contributed by atoms with Gasteiger partial charge >= 0.3 is 0 Å². The lowest BCUT2D eigenvalue weighted by Gasteiger charge is -2.04. The predicted octanol–water partition coefficient (Wildman–Crippen LogP) is 2.08. The van der Waals surface area contributed by atoms with Crippen LogP contribution in [0.25, 0.3) is 0 Å². The van der Waals surface area contributed by atoms with Crippen LogP contribution < -0.4 is 11.1 Å². The van der Waals surface area contributed by atoms with Crippen molar-refractivity contribution in [3.05, 3.63) is 42.2 Å². The van der Waals surface area contributed by atoms with Crippen molar-refractivity contribution in [2.45, 2.75) is 0 Å². The molecule has 0 bridgehead atoms. The van der Waals surface area contributed by atoms with Gasteiger partial charge in [-0.3, -0.25) is 0 Å². The molecule has 1 aromatic carbocycles. The Labute approximate surface area is 90.1 Å². The molecular formula is C10H8F2N4. The normalized spacial score (nSPS) is 10.1.